The topological polar surface area (TPSA) is 574 Å². The smallest absolute Gasteiger partial charge is 0.243 e. The van der Waals surface area contributed by atoms with Crippen molar-refractivity contribution in [2.45, 2.75) is 336 Å². The van der Waals surface area contributed by atoms with Crippen LogP contribution in [0.5, 0.6) is 0 Å². The van der Waals surface area contributed by atoms with Gasteiger partial charge in [0.15, 0.2) is 0 Å². The largest absolute Gasteiger partial charge is 0.368 e. The lowest BCUT2D eigenvalue weighted by Gasteiger charge is -2.30. The van der Waals surface area contributed by atoms with Crippen molar-refractivity contribution in [2.24, 2.45) is 87.3 Å². The van der Waals surface area contributed by atoms with Gasteiger partial charge in [0.2, 0.25) is 76.8 Å². The molecule has 0 aliphatic carbocycles. The summed E-state index contributed by atoms with van der Waals surface area (Å²) < 4.78 is 0. The first kappa shape index (κ1) is 104. The first-order valence-corrected chi connectivity index (χ1v) is 41.2. The number of unbranched alkanes of at least 4 members (excludes halogenated alkanes) is 6. The van der Waals surface area contributed by atoms with Gasteiger partial charge in [-0.25, -0.2) is 0 Å². The highest BCUT2D eigenvalue weighted by atomic mass is 16.2. The number of rotatable bonds is 63. The molecule has 0 unspecified atom stereocenters. The maximum Gasteiger partial charge on any atom is 0.243 e. The van der Waals surface area contributed by atoms with E-state index in [-0.39, 0.29) is 145 Å². The number of carbonyl (C=O) groups excluding carboxylic acids is 13. The molecule has 0 saturated heterocycles. The molecule has 0 aromatic carbocycles. The molecule has 0 heterocycles. The third kappa shape index (κ3) is 46.0. The predicted octanol–water partition coefficient (Wildman–Crippen LogP) is 0.713. The summed E-state index contributed by atoms with van der Waals surface area (Å²) in [6.07, 6.45) is 7.43. The predicted molar refractivity (Wildman–Crippen MR) is 434 cm³/mol. The van der Waals surface area contributed by atoms with Gasteiger partial charge in [-0.15, -0.1) is 0 Å². The van der Waals surface area contributed by atoms with Gasteiger partial charge in [-0.2, -0.15) is 0 Å². The zero-order valence-electron chi connectivity index (χ0n) is 69.9. The van der Waals surface area contributed by atoms with Crippen molar-refractivity contribution in [1.29, 1.82) is 0 Å². The Labute approximate surface area is 662 Å². The Morgan fingerprint density at radius 1 is 0.198 bits per heavy atom. The first-order chi connectivity index (χ1) is 52.3. The van der Waals surface area contributed by atoms with Crippen LogP contribution in [-0.2, 0) is 62.3 Å². The fourth-order valence-corrected chi connectivity index (χ4v) is 12.7. The fraction of sp³-hybridized carbons (Fsp3) is 0.833. The van der Waals surface area contributed by atoms with Crippen LogP contribution in [0, 0.1) is 41.4 Å². The summed E-state index contributed by atoms with van der Waals surface area (Å²) in [4.78, 5) is 185. The van der Waals surface area contributed by atoms with Crippen LogP contribution in [0.4, 0.5) is 0 Å². The van der Waals surface area contributed by atoms with E-state index in [4.69, 9.17) is 45.9 Å². The standard InChI is InChI=1S/C78H152N20O13/c1-46(2)39-59(66(86)99)92-70(103)56(30-18-24-36-82)91-75(108)63(43-50(9)10)98-78(111)65(45-52(13)14)95-72(105)58(32-20-26-38-84)88-69(102)55(29-17-23-35-81)90-74(107)62(42-49(7)8)97-77(110)64(44-51(11)12)94-71(104)57(31-19-25-37-83)87-68(101)54(28-16-22-34-80)89-73(106)61(41-48(5)6)96-76(109)60(40-47(3)4)93-67(100)53(85)27-15-21-33-79/h46-65H,15-45,79-85H2,1-14H3,(H2,86,99)(H,87,101)(H,88,102)(H,89,106)(H,90,107)(H,91,108)(H,92,103)(H,93,100)(H,94,104)(H,95,105)(H,96,109)(H,97,110)(H,98,111)/t53-,54-,55-,56-,57-,58-,59-,60-,61-,62-,63-,64-,65-/m0/s1. The first-order valence-electron chi connectivity index (χ1n) is 41.2. The third-order valence-electron chi connectivity index (χ3n) is 18.6. The number of hydrogen-bond donors (Lipinski definition) is 20. The van der Waals surface area contributed by atoms with E-state index in [0.29, 0.717) is 96.6 Å². The summed E-state index contributed by atoms with van der Waals surface area (Å²) in [6, 6.07) is -15.3. The highest BCUT2D eigenvalue weighted by Crippen LogP contribution is 2.18. The zero-order chi connectivity index (χ0) is 84.5. The average Bonchev–Trinajstić information content (AvgIpc) is 0.849. The number of primary amides is 1. The Morgan fingerprint density at radius 3 is 0.495 bits per heavy atom. The maximum absolute atomic E-state index is 14.8. The minimum Gasteiger partial charge on any atom is -0.368 e. The van der Waals surface area contributed by atoms with E-state index in [0.717, 1.165) is 0 Å². The minimum absolute atomic E-state index is 0.00380. The van der Waals surface area contributed by atoms with Gasteiger partial charge in [-0.05, 0) is 235 Å². The van der Waals surface area contributed by atoms with E-state index >= 15 is 0 Å². The molecule has 0 spiro atoms. The summed E-state index contributed by atoms with van der Waals surface area (Å²) in [5.41, 5.74) is 46.9. The Balaban J connectivity index is 7.30. The lowest BCUT2D eigenvalue weighted by molar-refractivity contribution is -0.136. The third-order valence-corrected chi connectivity index (χ3v) is 18.6. The van der Waals surface area contributed by atoms with E-state index in [9.17, 15) is 62.3 Å². The molecular formula is C78H152N20O13. The molecular weight excluding hydrogens is 1420 g/mol. The normalized spacial score (nSPS) is 15.2. The molecule has 0 saturated carbocycles. The lowest BCUT2D eigenvalue weighted by Crippen LogP contribution is -2.61. The maximum atomic E-state index is 14.8. The second kappa shape index (κ2) is 58.7. The molecule has 642 valence electrons. The Kier molecular flexibility index (Phi) is 54.9. The van der Waals surface area contributed by atoms with Crippen LogP contribution in [0.15, 0.2) is 0 Å². The Bertz CT molecular complexity index is 2780. The summed E-state index contributed by atoms with van der Waals surface area (Å²) in [7, 11) is 0. The van der Waals surface area contributed by atoms with Crippen molar-refractivity contribution >= 4 is 76.8 Å². The number of hydrogen-bond acceptors (Lipinski definition) is 20. The Morgan fingerprint density at radius 2 is 0.333 bits per heavy atom. The lowest BCUT2D eigenvalue weighted by atomic mass is 9.98. The van der Waals surface area contributed by atoms with E-state index in [1.54, 1.807) is 0 Å². The molecule has 0 radical (unpaired) electrons. The monoisotopic (exact) mass is 1580 g/mol. The van der Waals surface area contributed by atoms with Crippen molar-refractivity contribution in [1.82, 2.24) is 63.8 Å². The van der Waals surface area contributed by atoms with Crippen molar-refractivity contribution < 1.29 is 62.3 Å². The molecule has 111 heavy (non-hydrogen) atoms. The highest BCUT2D eigenvalue weighted by molar-refractivity contribution is 6.00. The van der Waals surface area contributed by atoms with Gasteiger partial charge in [0, 0.05) is 0 Å². The molecule has 0 fully saturated rings. The molecule has 0 aliphatic heterocycles. The molecule has 0 aromatic rings. The SMILES string of the molecule is CC(C)C[C@H](NC(=O)[C@H](CCCCN)NC(=O)[C@H](CC(C)C)NC(=O)[C@H](CC(C)C)NC(=O)[C@H](CCCCN)NC(=O)[C@H](CCCCN)NC(=O)[C@H](CC(C)C)NC(=O)[C@H](CC(C)C)NC(=O)[C@H](CCCCN)NC(=O)[C@H](CCCCN)NC(=O)[C@H](CC(C)C)NC(=O)[C@H](CC(C)C)NC(=O)[C@@H](N)CCCCN)C(N)=O. The van der Waals surface area contributed by atoms with Crippen LogP contribution in [0.3, 0.4) is 0 Å². The van der Waals surface area contributed by atoms with Crippen molar-refractivity contribution in [3.05, 3.63) is 0 Å². The van der Waals surface area contributed by atoms with Gasteiger partial charge < -0.3 is 110 Å². The van der Waals surface area contributed by atoms with Crippen LogP contribution in [0.1, 0.15) is 257 Å². The average molecular weight is 1580 g/mol. The number of nitrogens with one attached hydrogen (secondary N) is 12. The van der Waals surface area contributed by atoms with Crippen LogP contribution in [-0.4, -0.2) is 195 Å². The Hall–Kier alpha value is -7.17. The van der Waals surface area contributed by atoms with E-state index in [1.807, 2.05) is 96.9 Å². The molecule has 28 N–H and O–H groups in total. The van der Waals surface area contributed by atoms with Crippen LogP contribution in [0.2, 0.25) is 0 Å². The number of nitrogens with two attached hydrogens (primary N) is 8. The van der Waals surface area contributed by atoms with Crippen LogP contribution in [0.25, 0.3) is 0 Å². The molecule has 13 amide bonds. The molecule has 0 aromatic heterocycles. The van der Waals surface area contributed by atoms with E-state index in [2.05, 4.69) is 63.8 Å². The zero-order valence-corrected chi connectivity index (χ0v) is 69.9. The van der Waals surface area contributed by atoms with Gasteiger partial charge in [-0.1, -0.05) is 103 Å². The molecule has 33 nitrogen and oxygen atoms in total. The second-order valence-electron chi connectivity index (χ2n) is 32.9. The van der Waals surface area contributed by atoms with Crippen molar-refractivity contribution in [2.75, 3.05) is 39.3 Å². The molecule has 0 bridgehead atoms. The van der Waals surface area contributed by atoms with Gasteiger partial charge >= 0.3 is 0 Å². The fourth-order valence-electron chi connectivity index (χ4n) is 12.7. The highest BCUT2D eigenvalue weighted by Gasteiger charge is 2.38. The molecule has 0 rings (SSSR count). The number of amides is 13. The van der Waals surface area contributed by atoms with Gasteiger partial charge in [-0.3, -0.25) is 62.3 Å². The van der Waals surface area contributed by atoms with Crippen molar-refractivity contribution in [3.63, 3.8) is 0 Å². The molecule has 33 heteroatoms. The second-order valence-corrected chi connectivity index (χ2v) is 32.9. The summed E-state index contributed by atoms with van der Waals surface area (Å²) >= 11 is 0. The van der Waals surface area contributed by atoms with Crippen molar-refractivity contribution in [3.8, 4) is 0 Å². The van der Waals surface area contributed by atoms with Crippen LogP contribution < -0.4 is 110 Å². The molecule has 0 aliphatic rings. The van der Waals surface area contributed by atoms with E-state index in [1.165, 1.54) is 0 Å². The number of carbonyl (C=O) groups is 13. The molecule has 13 atom stereocenters. The summed E-state index contributed by atoms with van der Waals surface area (Å²) in [5.74, 6) is -9.92. The van der Waals surface area contributed by atoms with E-state index < -0.39 is 155 Å². The van der Waals surface area contributed by atoms with Gasteiger partial charge in [0.25, 0.3) is 0 Å². The van der Waals surface area contributed by atoms with Crippen LogP contribution >= 0.6 is 0 Å². The quantitative estimate of drug-likeness (QED) is 0.0373. The van der Waals surface area contributed by atoms with Gasteiger partial charge in [0.1, 0.15) is 72.5 Å². The van der Waals surface area contributed by atoms with Gasteiger partial charge in [0.05, 0.1) is 6.04 Å². The summed E-state index contributed by atoms with van der Waals surface area (Å²) in [5, 5.41) is 33.7. The minimum atomic E-state index is -1.29. The summed E-state index contributed by atoms with van der Waals surface area (Å²) in [6.45, 7) is 27.8.